The number of rotatable bonds is 5. The summed E-state index contributed by atoms with van der Waals surface area (Å²) >= 11 is 6.45. The van der Waals surface area contributed by atoms with Crippen molar-refractivity contribution < 1.29 is 4.52 Å². The zero-order valence-corrected chi connectivity index (χ0v) is 14.4. The molecule has 0 unspecified atom stereocenters. The molecule has 0 bridgehead atoms. The van der Waals surface area contributed by atoms with Gasteiger partial charge in [-0.3, -0.25) is 0 Å². The normalized spacial score (nSPS) is 11.4. The molecule has 0 aliphatic rings. The van der Waals surface area contributed by atoms with Crippen molar-refractivity contribution in [3.05, 3.63) is 21.8 Å². The van der Waals surface area contributed by atoms with Crippen molar-refractivity contribution in [2.45, 2.75) is 30.8 Å². The molecule has 0 aliphatic carbocycles. The van der Waals surface area contributed by atoms with E-state index in [-0.39, 0.29) is 6.04 Å². The summed E-state index contributed by atoms with van der Waals surface area (Å²) in [7, 11) is 0. The summed E-state index contributed by atoms with van der Waals surface area (Å²) in [5.74, 6) is 1.69. The summed E-state index contributed by atoms with van der Waals surface area (Å²) in [6.07, 6.45) is 0. The van der Waals surface area contributed by atoms with Crippen LogP contribution in [0.2, 0.25) is 0 Å². The first-order valence-electron chi connectivity index (χ1n) is 6.11. The minimum absolute atomic E-state index is 0.212. The standard InChI is InChI=1S/C11H11BrN6OS2/c1-6(2)18-11(14-16-17-18)21-5-9-13-10(15-19-9)8-3-7(12)4-20-8/h3-4,6H,5H2,1-2H3. The first kappa shape index (κ1) is 14.7. The van der Waals surface area contributed by atoms with Crippen LogP contribution in [0.1, 0.15) is 25.8 Å². The molecule has 3 aromatic rings. The SMILES string of the molecule is CC(C)n1nnnc1SCc1nc(-c2cc(Br)cs2)no1. The molecule has 0 atom stereocenters. The van der Waals surface area contributed by atoms with Crippen molar-refractivity contribution >= 4 is 39.0 Å². The van der Waals surface area contributed by atoms with E-state index in [0.29, 0.717) is 17.5 Å². The van der Waals surface area contributed by atoms with Crippen LogP contribution in [0.4, 0.5) is 0 Å². The number of thiophene rings is 1. The van der Waals surface area contributed by atoms with E-state index in [1.54, 1.807) is 16.0 Å². The third kappa shape index (κ3) is 3.33. The lowest BCUT2D eigenvalue weighted by molar-refractivity contribution is 0.391. The summed E-state index contributed by atoms with van der Waals surface area (Å²) in [5, 5.41) is 18.3. The molecule has 0 radical (unpaired) electrons. The van der Waals surface area contributed by atoms with E-state index in [9.17, 15) is 0 Å². The zero-order valence-electron chi connectivity index (χ0n) is 11.2. The fourth-order valence-electron chi connectivity index (χ4n) is 1.57. The van der Waals surface area contributed by atoms with E-state index >= 15 is 0 Å². The summed E-state index contributed by atoms with van der Waals surface area (Å²) in [5.41, 5.74) is 0. The Kier molecular flexibility index (Phi) is 4.36. The van der Waals surface area contributed by atoms with Crippen LogP contribution in [-0.2, 0) is 5.75 Å². The Morgan fingerprint density at radius 1 is 1.48 bits per heavy atom. The summed E-state index contributed by atoms with van der Waals surface area (Å²) in [6.45, 7) is 4.06. The number of halogens is 1. The zero-order chi connectivity index (χ0) is 14.8. The van der Waals surface area contributed by atoms with Gasteiger partial charge in [-0.25, -0.2) is 4.68 Å². The van der Waals surface area contributed by atoms with Gasteiger partial charge >= 0.3 is 0 Å². The topological polar surface area (TPSA) is 82.5 Å². The smallest absolute Gasteiger partial charge is 0.237 e. The molecule has 10 heteroatoms. The highest BCUT2D eigenvalue weighted by atomic mass is 79.9. The third-order valence-electron chi connectivity index (χ3n) is 2.53. The maximum atomic E-state index is 5.26. The minimum atomic E-state index is 0.212. The average Bonchev–Trinajstić information content (AvgIpc) is 3.15. The van der Waals surface area contributed by atoms with E-state index in [4.69, 9.17) is 4.52 Å². The molecule has 110 valence electrons. The number of thioether (sulfide) groups is 1. The van der Waals surface area contributed by atoms with Gasteiger partial charge in [-0.1, -0.05) is 16.9 Å². The molecule has 21 heavy (non-hydrogen) atoms. The van der Waals surface area contributed by atoms with Gasteiger partial charge in [0, 0.05) is 9.85 Å². The van der Waals surface area contributed by atoms with Gasteiger partial charge in [0.15, 0.2) is 0 Å². The van der Waals surface area contributed by atoms with Crippen molar-refractivity contribution in [2.24, 2.45) is 0 Å². The highest BCUT2D eigenvalue weighted by Gasteiger charge is 2.14. The van der Waals surface area contributed by atoms with Crippen LogP contribution in [0.15, 0.2) is 25.6 Å². The Morgan fingerprint density at radius 2 is 2.33 bits per heavy atom. The van der Waals surface area contributed by atoms with E-state index in [0.717, 1.165) is 14.5 Å². The molecular weight excluding hydrogens is 376 g/mol. The van der Waals surface area contributed by atoms with Crippen LogP contribution in [0.3, 0.4) is 0 Å². The highest BCUT2D eigenvalue weighted by molar-refractivity contribution is 9.10. The second kappa shape index (κ2) is 6.24. The third-order valence-corrected chi connectivity index (χ3v) is 5.14. The lowest BCUT2D eigenvalue weighted by Crippen LogP contribution is -2.04. The Bertz CT molecular complexity index is 736. The summed E-state index contributed by atoms with van der Waals surface area (Å²) in [6, 6.07) is 2.18. The lowest BCUT2D eigenvalue weighted by Gasteiger charge is -2.05. The summed E-state index contributed by atoms with van der Waals surface area (Å²) in [4.78, 5) is 5.35. The Labute approximate surface area is 137 Å². The van der Waals surface area contributed by atoms with Crippen molar-refractivity contribution in [3.63, 3.8) is 0 Å². The number of nitrogens with zero attached hydrogens (tertiary/aromatic N) is 6. The van der Waals surface area contributed by atoms with Gasteiger partial charge in [0.05, 0.1) is 16.7 Å². The van der Waals surface area contributed by atoms with Crippen molar-refractivity contribution in [2.75, 3.05) is 0 Å². The van der Waals surface area contributed by atoms with Gasteiger partial charge in [-0.05, 0) is 46.3 Å². The van der Waals surface area contributed by atoms with Gasteiger partial charge in [0.25, 0.3) is 0 Å². The average molecular weight is 387 g/mol. The molecule has 0 saturated carbocycles. The highest BCUT2D eigenvalue weighted by Crippen LogP contribution is 2.28. The van der Waals surface area contributed by atoms with Crippen LogP contribution in [0.25, 0.3) is 10.7 Å². The second-order valence-electron chi connectivity index (χ2n) is 4.43. The molecule has 0 spiro atoms. The number of aromatic nitrogens is 6. The molecule has 3 heterocycles. The molecule has 0 saturated heterocycles. The number of tetrazole rings is 1. The first-order valence-corrected chi connectivity index (χ1v) is 8.77. The van der Waals surface area contributed by atoms with Crippen LogP contribution in [0, 0.1) is 0 Å². The predicted molar refractivity (Wildman–Crippen MR) is 83.1 cm³/mol. The Balaban J connectivity index is 1.69. The van der Waals surface area contributed by atoms with Crippen LogP contribution in [0.5, 0.6) is 0 Å². The molecule has 0 aromatic carbocycles. The molecule has 0 fully saturated rings. The first-order chi connectivity index (χ1) is 10.1. The van der Waals surface area contributed by atoms with E-state index in [1.807, 2.05) is 25.3 Å². The van der Waals surface area contributed by atoms with Gasteiger partial charge in [-0.15, -0.1) is 16.4 Å². The molecular formula is C11H11BrN6OS2. The Hall–Kier alpha value is -1.26. The molecule has 0 amide bonds. The van der Waals surface area contributed by atoms with Crippen molar-refractivity contribution in [1.82, 2.24) is 30.3 Å². The molecule has 0 aliphatic heterocycles. The van der Waals surface area contributed by atoms with Crippen LogP contribution in [-0.4, -0.2) is 30.3 Å². The largest absolute Gasteiger partial charge is 0.338 e. The van der Waals surface area contributed by atoms with E-state index < -0.39 is 0 Å². The minimum Gasteiger partial charge on any atom is -0.338 e. The van der Waals surface area contributed by atoms with E-state index in [2.05, 4.69) is 41.6 Å². The molecule has 0 N–H and O–H groups in total. The molecule has 3 aromatic heterocycles. The van der Waals surface area contributed by atoms with Gasteiger partial charge in [0.1, 0.15) is 0 Å². The van der Waals surface area contributed by atoms with Crippen molar-refractivity contribution in [1.29, 1.82) is 0 Å². The van der Waals surface area contributed by atoms with E-state index in [1.165, 1.54) is 11.8 Å². The fraction of sp³-hybridized carbons (Fsp3) is 0.364. The van der Waals surface area contributed by atoms with Crippen LogP contribution >= 0.6 is 39.0 Å². The fourth-order valence-corrected chi connectivity index (χ4v) is 3.77. The second-order valence-corrected chi connectivity index (χ2v) is 7.20. The molecule has 7 nitrogen and oxygen atoms in total. The monoisotopic (exact) mass is 386 g/mol. The lowest BCUT2D eigenvalue weighted by atomic mass is 10.4. The maximum absolute atomic E-state index is 5.26. The molecule has 3 rings (SSSR count). The van der Waals surface area contributed by atoms with Gasteiger partial charge in [-0.2, -0.15) is 4.98 Å². The summed E-state index contributed by atoms with van der Waals surface area (Å²) < 4.78 is 8.03. The number of hydrogen-bond donors (Lipinski definition) is 0. The predicted octanol–water partition coefficient (Wildman–Crippen LogP) is 3.42. The van der Waals surface area contributed by atoms with Crippen molar-refractivity contribution in [3.8, 4) is 10.7 Å². The quantitative estimate of drug-likeness (QED) is 0.621. The van der Waals surface area contributed by atoms with Gasteiger partial charge in [0.2, 0.25) is 16.9 Å². The Morgan fingerprint density at radius 3 is 3.05 bits per heavy atom. The number of hydrogen-bond acceptors (Lipinski definition) is 8. The van der Waals surface area contributed by atoms with Gasteiger partial charge < -0.3 is 4.52 Å². The van der Waals surface area contributed by atoms with Crippen LogP contribution < -0.4 is 0 Å². The maximum Gasteiger partial charge on any atom is 0.237 e.